The molecule has 1 aliphatic carbocycles. The van der Waals surface area contributed by atoms with Crippen LogP contribution in [0.4, 0.5) is 5.00 Å². The summed E-state index contributed by atoms with van der Waals surface area (Å²) in [7, 11) is 1.44. The van der Waals surface area contributed by atoms with Gasteiger partial charge in [-0.15, -0.1) is 11.3 Å². The molecule has 8 nitrogen and oxygen atoms in total. The van der Waals surface area contributed by atoms with E-state index < -0.39 is 11.9 Å². The van der Waals surface area contributed by atoms with Crippen LogP contribution in [0.5, 0.6) is 11.5 Å². The summed E-state index contributed by atoms with van der Waals surface area (Å²) in [4.78, 5) is 25.4. The van der Waals surface area contributed by atoms with Gasteiger partial charge in [0.2, 0.25) is 0 Å². The Labute approximate surface area is 196 Å². The molecular weight excluding hydrogens is 442 g/mol. The number of nitrogens with one attached hydrogen (secondary N) is 1. The van der Waals surface area contributed by atoms with Crippen molar-refractivity contribution in [1.82, 2.24) is 0 Å². The lowest BCUT2D eigenvalue weighted by atomic mass is 9.96. The van der Waals surface area contributed by atoms with Gasteiger partial charge in [-0.3, -0.25) is 4.79 Å². The molecule has 3 rings (SSSR count). The molecule has 1 heterocycles. The van der Waals surface area contributed by atoms with Gasteiger partial charge < -0.3 is 19.5 Å². The van der Waals surface area contributed by atoms with E-state index in [1.807, 2.05) is 6.07 Å². The standard InChI is InChI=1S/C24H23N3O5S/c1-3-31-22(28)14-32-19-9-8-15(11-20(19)30-2)10-16(12-25)23(29)27-24-18(13-26)17-6-4-5-7-21(17)33-24/h8-11H,3-7,14H2,1-2H3,(H,27,29). The molecule has 0 aliphatic heterocycles. The Kier molecular flexibility index (Phi) is 8.06. The first-order valence-electron chi connectivity index (χ1n) is 10.4. The molecule has 1 N–H and O–H groups in total. The Bertz CT molecular complexity index is 1170. The minimum atomic E-state index is -0.589. The van der Waals surface area contributed by atoms with Crippen LogP contribution in [0.15, 0.2) is 23.8 Å². The lowest BCUT2D eigenvalue weighted by molar-refractivity contribution is -0.145. The van der Waals surface area contributed by atoms with Crippen LogP contribution in [0.2, 0.25) is 0 Å². The summed E-state index contributed by atoms with van der Waals surface area (Å²) in [6.07, 6.45) is 5.24. The highest BCUT2D eigenvalue weighted by atomic mass is 32.1. The van der Waals surface area contributed by atoms with Gasteiger partial charge in [0.25, 0.3) is 5.91 Å². The molecule has 33 heavy (non-hydrogen) atoms. The molecule has 1 aromatic heterocycles. The summed E-state index contributed by atoms with van der Waals surface area (Å²) < 4.78 is 15.6. The summed E-state index contributed by atoms with van der Waals surface area (Å²) in [6, 6.07) is 8.92. The van der Waals surface area contributed by atoms with Crippen molar-refractivity contribution < 1.29 is 23.8 Å². The number of fused-ring (bicyclic) bond motifs is 1. The quantitative estimate of drug-likeness (QED) is 0.355. The topological polar surface area (TPSA) is 121 Å². The van der Waals surface area contributed by atoms with Crippen LogP contribution in [-0.4, -0.2) is 32.2 Å². The Morgan fingerprint density at radius 3 is 2.70 bits per heavy atom. The number of methoxy groups -OCH3 is 1. The predicted octanol–water partition coefficient (Wildman–Crippen LogP) is 3.99. The minimum absolute atomic E-state index is 0.118. The van der Waals surface area contributed by atoms with Crippen LogP contribution in [0.1, 0.15) is 41.3 Å². The van der Waals surface area contributed by atoms with Crippen molar-refractivity contribution in [2.24, 2.45) is 0 Å². The summed E-state index contributed by atoms with van der Waals surface area (Å²) in [6.45, 7) is 1.69. The van der Waals surface area contributed by atoms with E-state index in [9.17, 15) is 20.1 Å². The van der Waals surface area contributed by atoms with Crippen LogP contribution in [0.3, 0.4) is 0 Å². The summed E-state index contributed by atoms with van der Waals surface area (Å²) >= 11 is 1.40. The van der Waals surface area contributed by atoms with E-state index in [1.165, 1.54) is 24.5 Å². The summed E-state index contributed by atoms with van der Waals surface area (Å²) in [5.41, 5.74) is 1.92. The number of esters is 1. The number of aryl methyl sites for hydroxylation is 1. The molecule has 9 heteroatoms. The number of carbonyl (C=O) groups is 2. The van der Waals surface area contributed by atoms with Crippen LogP contribution in [0, 0.1) is 22.7 Å². The zero-order valence-electron chi connectivity index (χ0n) is 18.4. The number of benzene rings is 1. The Balaban J connectivity index is 1.78. The van der Waals surface area contributed by atoms with Crippen molar-refractivity contribution in [3.8, 4) is 23.6 Å². The van der Waals surface area contributed by atoms with E-state index in [0.29, 0.717) is 27.6 Å². The molecule has 0 unspecified atom stereocenters. The van der Waals surface area contributed by atoms with Gasteiger partial charge in [-0.05, 0) is 61.9 Å². The average molecular weight is 466 g/mol. The number of carbonyl (C=O) groups excluding carboxylic acids is 2. The smallest absolute Gasteiger partial charge is 0.344 e. The number of hydrogen-bond donors (Lipinski definition) is 1. The Morgan fingerprint density at radius 1 is 1.21 bits per heavy atom. The molecule has 0 saturated carbocycles. The molecular formula is C24H23N3O5S. The number of nitriles is 2. The monoisotopic (exact) mass is 465 g/mol. The lowest BCUT2D eigenvalue weighted by Gasteiger charge is -2.11. The first-order chi connectivity index (χ1) is 16.0. The van der Waals surface area contributed by atoms with Crippen molar-refractivity contribution in [3.05, 3.63) is 45.3 Å². The molecule has 1 aliphatic rings. The van der Waals surface area contributed by atoms with E-state index in [-0.39, 0.29) is 18.8 Å². The first kappa shape index (κ1) is 23.8. The van der Waals surface area contributed by atoms with Crippen LogP contribution < -0.4 is 14.8 Å². The third-order valence-corrected chi connectivity index (χ3v) is 6.23. The van der Waals surface area contributed by atoms with Crippen LogP contribution >= 0.6 is 11.3 Å². The van der Waals surface area contributed by atoms with E-state index in [0.717, 1.165) is 36.1 Å². The fourth-order valence-corrected chi connectivity index (χ4v) is 4.73. The van der Waals surface area contributed by atoms with Gasteiger partial charge in [-0.25, -0.2) is 4.79 Å². The molecule has 0 saturated heterocycles. The molecule has 1 amide bonds. The van der Waals surface area contributed by atoms with E-state index >= 15 is 0 Å². The SMILES string of the molecule is CCOC(=O)COc1ccc(C=C(C#N)C(=O)Nc2sc3c(c2C#N)CCCC3)cc1OC. The van der Waals surface area contributed by atoms with Crippen molar-refractivity contribution >= 4 is 34.3 Å². The predicted molar refractivity (Wildman–Crippen MR) is 123 cm³/mol. The maximum atomic E-state index is 12.8. The zero-order valence-corrected chi connectivity index (χ0v) is 19.2. The van der Waals surface area contributed by atoms with Gasteiger partial charge in [0.15, 0.2) is 18.1 Å². The Morgan fingerprint density at radius 2 is 2.00 bits per heavy atom. The third-order valence-electron chi connectivity index (χ3n) is 5.02. The molecule has 0 atom stereocenters. The largest absolute Gasteiger partial charge is 0.493 e. The number of thiophene rings is 1. The molecule has 0 spiro atoms. The number of nitrogens with zero attached hydrogens (tertiary/aromatic N) is 2. The molecule has 0 bridgehead atoms. The Hall–Kier alpha value is -3.82. The molecule has 1 aromatic carbocycles. The molecule has 170 valence electrons. The molecule has 0 radical (unpaired) electrons. The van der Waals surface area contributed by atoms with E-state index in [1.54, 1.807) is 25.1 Å². The normalized spacial score (nSPS) is 12.7. The maximum absolute atomic E-state index is 12.8. The lowest BCUT2D eigenvalue weighted by Crippen LogP contribution is -2.15. The number of anilines is 1. The first-order valence-corrected chi connectivity index (χ1v) is 11.3. The van der Waals surface area contributed by atoms with Crippen molar-refractivity contribution in [2.45, 2.75) is 32.6 Å². The highest BCUT2D eigenvalue weighted by Crippen LogP contribution is 2.38. The minimum Gasteiger partial charge on any atom is -0.493 e. The number of ether oxygens (including phenoxy) is 3. The van der Waals surface area contributed by atoms with E-state index in [2.05, 4.69) is 11.4 Å². The van der Waals surface area contributed by atoms with Gasteiger partial charge >= 0.3 is 5.97 Å². The molecule has 2 aromatic rings. The van der Waals surface area contributed by atoms with Crippen LogP contribution in [-0.2, 0) is 27.2 Å². The second-order valence-electron chi connectivity index (χ2n) is 7.15. The van der Waals surface area contributed by atoms with Gasteiger partial charge in [0, 0.05) is 4.88 Å². The highest BCUT2D eigenvalue weighted by Gasteiger charge is 2.22. The summed E-state index contributed by atoms with van der Waals surface area (Å²) in [5, 5.41) is 22.3. The van der Waals surface area contributed by atoms with Crippen molar-refractivity contribution in [1.29, 1.82) is 10.5 Å². The second-order valence-corrected chi connectivity index (χ2v) is 8.26. The highest BCUT2D eigenvalue weighted by molar-refractivity contribution is 7.16. The zero-order chi connectivity index (χ0) is 23.8. The van der Waals surface area contributed by atoms with E-state index in [4.69, 9.17) is 14.2 Å². The fourth-order valence-electron chi connectivity index (χ4n) is 3.49. The molecule has 0 fully saturated rings. The van der Waals surface area contributed by atoms with Crippen LogP contribution in [0.25, 0.3) is 6.08 Å². The number of rotatable bonds is 8. The number of amides is 1. The maximum Gasteiger partial charge on any atom is 0.344 e. The van der Waals surface area contributed by atoms with Gasteiger partial charge in [0.1, 0.15) is 22.7 Å². The van der Waals surface area contributed by atoms with Gasteiger partial charge in [0.05, 0.1) is 19.3 Å². The third kappa shape index (κ3) is 5.71. The second kappa shape index (κ2) is 11.2. The average Bonchev–Trinajstić information content (AvgIpc) is 3.18. The number of hydrogen-bond acceptors (Lipinski definition) is 8. The van der Waals surface area contributed by atoms with Crippen molar-refractivity contribution in [2.75, 3.05) is 25.6 Å². The summed E-state index contributed by atoms with van der Waals surface area (Å²) in [5.74, 6) is -0.426. The fraction of sp³-hybridized carbons (Fsp3) is 0.333. The van der Waals surface area contributed by atoms with Gasteiger partial charge in [-0.1, -0.05) is 6.07 Å². The van der Waals surface area contributed by atoms with Crippen molar-refractivity contribution in [3.63, 3.8) is 0 Å². The van der Waals surface area contributed by atoms with Gasteiger partial charge in [-0.2, -0.15) is 10.5 Å².